The number of carboxylic acids is 1. The van der Waals surface area contributed by atoms with Crippen molar-refractivity contribution in [3.63, 3.8) is 0 Å². The van der Waals surface area contributed by atoms with Crippen LogP contribution >= 0.6 is 0 Å². The molecule has 1 heterocycles. The summed E-state index contributed by atoms with van der Waals surface area (Å²) in [4.78, 5) is 66.4. The number of hydrogen-bond acceptors (Lipinski definition) is 7. The summed E-state index contributed by atoms with van der Waals surface area (Å²) in [5.41, 5.74) is 0.499. The van der Waals surface area contributed by atoms with E-state index < -0.39 is 42.1 Å². The van der Waals surface area contributed by atoms with Crippen molar-refractivity contribution in [1.29, 1.82) is 0 Å². The summed E-state index contributed by atoms with van der Waals surface area (Å²) in [5.74, 6) is -2.94. The van der Waals surface area contributed by atoms with E-state index in [2.05, 4.69) is 10.6 Å². The van der Waals surface area contributed by atoms with Crippen LogP contribution in [0.1, 0.15) is 66.4 Å². The molecule has 0 aromatic heterocycles. The highest BCUT2D eigenvalue weighted by molar-refractivity contribution is 5.92. The van der Waals surface area contributed by atoms with E-state index in [9.17, 15) is 34.2 Å². The van der Waals surface area contributed by atoms with Crippen molar-refractivity contribution >= 4 is 30.1 Å². The van der Waals surface area contributed by atoms with Crippen LogP contribution in [-0.2, 0) is 35.1 Å². The lowest BCUT2D eigenvalue weighted by molar-refractivity contribution is -0.163. The van der Waals surface area contributed by atoms with Gasteiger partial charge in [-0.1, -0.05) is 53.2 Å². The van der Waals surface area contributed by atoms with Crippen molar-refractivity contribution in [2.45, 2.75) is 91.6 Å². The summed E-state index contributed by atoms with van der Waals surface area (Å²) in [6.45, 7) is 11.6. The molecule has 2 rings (SSSR count). The van der Waals surface area contributed by atoms with Gasteiger partial charge in [-0.3, -0.25) is 19.2 Å². The molecule has 0 saturated carbocycles. The molecule has 12 nitrogen and oxygen atoms in total. The highest BCUT2D eigenvalue weighted by Crippen LogP contribution is 2.22. The van der Waals surface area contributed by atoms with Gasteiger partial charge in [-0.25, -0.2) is 4.79 Å². The molecule has 0 radical (unpaired) electrons. The lowest BCUT2D eigenvalue weighted by Crippen LogP contribution is -2.61. The zero-order chi connectivity index (χ0) is 31.6. The molecule has 1 saturated heterocycles. The quantitative estimate of drug-likeness (QED) is 0.239. The number of phenolic OH excluding ortho intramolecular Hbond substituents is 1. The third-order valence-electron chi connectivity index (χ3n) is 7.57. The van der Waals surface area contributed by atoms with E-state index in [1.54, 1.807) is 19.1 Å². The largest absolute Gasteiger partial charge is 0.508 e. The summed E-state index contributed by atoms with van der Waals surface area (Å²) in [7, 11) is 0. The third-order valence-corrected chi connectivity index (χ3v) is 7.57. The second-order valence-electron chi connectivity index (χ2n) is 12.1. The number of nitrogens with one attached hydrogen (secondary N) is 2. The average molecular weight is 591 g/mol. The third kappa shape index (κ3) is 10.3. The summed E-state index contributed by atoms with van der Waals surface area (Å²) < 4.78 is 5.79. The number of carbonyl (C=O) groups is 5. The fraction of sp³-hybridized carbons (Fsp3) is 0.633. The topological polar surface area (TPSA) is 166 Å². The maximum atomic E-state index is 13.9. The summed E-state index contributed by atoms with van der Waals surface area (Å²) in [5, 5.41) is 24.8. The van der Waals surface area contributed by atoms with Crippen LogP contribution < -0.4 is 10.6 Å². The molecule has 1 fully saturated rings. The van der Waals surface area contributed by atoms with E-state index in [4.69, 9.17) is 4.74 Å². The first-order valence-electron chi connectivity index (χ1n) is 14.4. The van der Waals surface area contributed by atoms with Gasteiger partial charge in [-0.05, 0) is 41.9 Å². The van der Waals surface area contributed by atoms with Crippen LogP contribution in [-0.4, -0.2) is 94.2 Å². The molecule has 4 amide bonds. The number of hydrogen-bond donors (Lipinski definition) is 4. The van der Waals surface area contributed by atoms with Gasteiger partial charge in [-0.2, -0.15) is 0 Å². The van der Waals surface area contributed by atoms with E-state index >= 15 is 0 Å². The minimum atomic E-state index is -1.16. The summed E-state index contributed by atoms with van der Waals surface area (Å²) in [6.07, 6.45) is 0.911. The van der Waals surface area contributed by atoms with Crippen LogP contribution in [0.4, 0.5) is 0 Å². The highest BCUT2D eigenvalue weighted by Gasteiger charge is 2.38. The van der Waals surface area contributed by atoms with Crippen LogP contribution in [0.3, 0.4) is 0 Å². The maximum absolute atomic E-state index is 13.9. The van der Waals surface area contributed by atoms with Crippen molar-refractivity contribution in [2.75, 3.05) is 19.7 Å². The van der Waals surface area contributed by atoms with Crippen molar-refractivity contribution in [1.82, 2.24) is 20.4 Å². The molecule has 42 heavy (non-hydrogen) atoms. The Balaban J connectivity index is 2.36. The van der Waals surface area contributed by atoms with E-state index in [0.717, 1.165) is 0 Å². The molecule has 0 bridgehead atoms. The van der Waals surface area contributed by atoms with E-state index in [1.165, 1.54) is 28.9 Å². The first-order valence-corrected chi connectivity index (χ1v) is 14.4. The molecule has 0 unspecified atom stereocenters. The SMILES string of the molecule is CC[C@H](C)[C@H](NC(=O)[C@H](Cc1ccc(O)cc1)N(C=O)[C@H]1CN(C(C)=O)CCO1)C(=O)N[C@@H](CCC(C)(C)C)C(=O)O. The fourth-order valence-corrected chi connectivity index (χ4v) is 4.68. The minimum Gasteiger partial charge on any atom is -0.508 e. The Morgan fingerprint density at radius 2 is 1.79 bits per heavy atom. The normalized spacial score (nSPS) is 18.2. The first-order chi connectivity index (χ1) is 19.7. The Labute approximate surface area is 247 Å². The van der Waals surface area contributed by atoms with E-state index in [1.807, 2.05) is 27.7 Å². The summed E-state index contributed by atoms with van der Waals surface area (Å²) >= 11 is 0. The Bertz CT molecular complexity index is 1090. The van der Waals surface area contributed by atoms with Gasteiger partial charge in [0.2, 0.25) is 24.1 Å². The fourth-order valence-electron chi connectivity index (χ4n) is 4.68. The molecule has 1 aliphatic rings. The van der Waals surface area contributed by atoms with Crippen molar-refractivity contribution in [2.24, 2.45) is 11.3 Å². The molecule has 4 N–H and O–H groups in total. The number of phenols is 1. The molecule has 0 spiro atoms. The smallest absolute Gasteiger partial charge is 0.326 e. The lowest BCUT2D eigenvalue weighted by Gasteiger charge is -2.40. The molecule has 1 aliphatic heterocycles. The Kier molecular flexibility index (Phi) is 12.8. The maximum Gasteiger partial charge on any atom is 0.326 e. The van der Waals surface area contributed by atoms with Gasteiger partial charge in [-0.15, -0.1) is 0 Å². The standard InChI is InChI=1S/C30H46N4O8/c1-7-19(2)26(28(39)31-23(29(40)41)12-13-30(4,5)6)32-27(38)24(16-21-8-10-22(37)11-9-21)34(18-35)25-17-33(20(3)36)14-15-42-25/h8-11,18-19,23-26,37H,7,12-17H2,1-6H3,(H,31,39)(H,32,38)(H,40,41)/t19-,23-,24-,25+,26-/m0/s1. The molecule has 1 aromatic rings. The van der Waals surface area contributed by atoms with E-state index in [0.29, 0.717) is 31.4 Å². The molecule has 5 atom stereocenters. The number of amides is 4. The van der Waals surface area contributed by atoms with Crippen LogP contribution in [0.5, 0.6) is 5.75 Å². The number of benzene rings is 1. The number of aromatic hydroxyl groups is 1. The second-order valence-corrected chi connectivity index (χ2v) is 12.1. The van der Waals surface area contributed by atoms with Gasteiger partial charge in [0.05, 0.1) is 13.2 Å². The van der Waals surface area contributed by atoms with Gasteiger partial charge in [0.25, 0.3) is 0 Å². The first kappa shape index (κ1) is 34.5. The lowest BCUT2D eigenvalue weighted by atomic mass is 9.88. The zero-order valence-corrected chi connectivity index (χ0v) is 25.5. The molecule has 0 aliphatic carbocycles. The Morgan fingerprint density at radius 3 is 2.31 bits per heavy atom. The molecule has 1 aromatic carbocycles. The van der Waals surface area contributed by atoms with Gasteiger partial charge in [0, 0.05) is 19.9 Å². The number of rotatable bonds is 14. The highest BCUT2D eigenvalue weighted by atomic mass is 16.5. The molecular formula is C30H46N4O8. The molecule has 234 valence electrons. The van der Waals surface area contributed by atoms with Gasteiger partial charge < -0.3 is 35.4 Å². The van der Waals surface area contributed by atoms with Crippen molar-refractivity contribution in [3.05, 3.63) is 29.8 Å². The van der Waals surface area contributed by atoms with Crippen LogP contribution in [0, 0.1) is 11.3 Å². The van der Waals surface area contributed by atoms with Gasteiger partial charge in [0.15, 0.2) is 6.23 Å². The number of carboxylic acid groups (broad SMARTS) is 1. The van der Waals surface area contributed by atoms with Crippen LogP contribution in [0.25, 0.3) is 0 Å². The monoisotopic (exact) mass is 590 g/mol. The Hall–Kier alpha value is -3.67. The molecular weight excluding hydrogens is 544 g/mol. The number of ether oxygens (including phenoxy) is 1. The second kappa shape index (κ2) is 15.5. The number of aliphatic carboxylic acids is 1. The van der Waals surface area contributed by atoms with Crippen LogP contribution in [0.2, 0.25) is 0 Å². The number of nitrogens with zero attached hydrogens (tertiary/aromatic N) is 2. The predicted octanol–water partition coefficient (Wildman–Crippen LogP) is 1.89. The average Bonchev–Trinajstić information content (AvgIpc) is 2.93. The molecule has 12 heteroatoms. The van der Waals surface area contributed by atoms with Crippen molar-refractivity contribution in [3.8, 4) is 5.75 Å². The van der Waals surface area contributed by atoms with E-state index in [-0.39, 0.29) is 49.0 Å². The summed E-state index contributed by atoms with van der Waals surface area (Å²) in [6, 6.07) is 2.82. The Morgan fingerprint density at radius 1 is 1.14 bits per heavy atom. The number of morpholine rings is 1. The number of carbonyl (C=O) groups excluding carboxylic acids is 4. The van der Waals surface area contributed by atoms with Gasteiger partial charge >= 0.3 is 5.97 Å². The van der Waals surface area contributed by atoms with Gasteiger partial charge in [0.1, 0.15) is 23.9 Å². The van der Waals surface area contributed by atoms with Crippen LogP contribution in [0.15, 0.2) is 24.3 Å². The predicted molar refractivity (Wildman–Crippen MR) is 155 cm³/mol. The minimum absolute atomic E-state index is 0.0307. The van der Waals surface area contributed by atoms with Crippen molar-refractivity contribution < 1.29 is 38.9 Å². The zero-order valence-electron chi connectivity index (χ0n) is 25.5.